The molecule has 0 spiro atoms. The highest BCUT2D eigenvalue weighted by Gasteiger charge is 2.39. The SMILES string of the molecule is Cc1cc(NC(=O)C2(O)CCSC2)nn1-c1cccc(Cl)c1. The Hall–Kier alpha value is -1.50. The summed E-state index contributed by atoms with van der Waals surface area (Å²) in [5.74, 6) is 1.24. The van der Waals surface area contributed by atoms with Crippen LogP contribution in [0.2, 0.25) is 5.02 Å². The van der Waals surface area contributed by atoms with Crippen molar-refractivity contribution in [2.45, 2.75) is 18.9 Å². The summed E-state index contributed by atoms with van der Waals surface area (Å²) in [5.41, 5.74) is 0.393. The lowest BCUT2D eigenvalue weighted by atomic mass is 10.0. The Morgan fingerprint density at radius 2 is 2.32 bits per heavy atom. The van der Waals surface area contributed by atoms with Gasteiger partial charge in [-0.2, -0.15) is 11.8 Å². The molecule has 22 heavy (non-hydrogen) atoms. The number of benzene rings is 1. The topological polar surface area (TPSA) is 67.2 Å². The smallest absolute Gasteiger partial charge is 0.258 e. The molecule has 0 aliphatic carbocycles. The van der Waals surface area contributed by atoms with Crippen LogP contribution in [0.4, 0.5) is 5.82 Å². The van der Waals surface area contributed by atoms with Gasteiger partial charge in [0, 0.05) is 22.5 Å². The number of carbonyl (C=O) groups is 1. The molecule has 5 nitrogen and oxygen atoms in total. The summed E-state index contributed by atoms with van der Waals surface area (Å²) in [6, 6.07) is 9.09. The predicted molar refractivity (Wildman–Crippen MR) is 88.8 cm³/mol. The van der Waals surface area contributed by atoms with E-state index in [2.05, 4.69) is 10.4 Å². The number of carbonyl (C=O) groups excluding carboxylic acids is 1. The first-order chi connectivity index (χ1) is 10.5. The van der Waals surface area contributed by atoms with E-state index in [-0.39, 0.29) is 0 Å². The van der Waals surface area contributed by atoms with E-state index in [1.807, 2.05) is 19.1 Å². The Balaban J connectivity index is 1.82. The van der Waals surface area contributed by atoms with Crippen molar-refractivity contribution in [1.82, 2.24) is 9.78 Å². The van der Waals surface area contributed by atoms with Crippen molar-refractivity contribution in [3.63, 3.8) is 0 Å². The zero-order chi connectivity index (χ0) is 15.7. The van der Waals surface area contributed by atoms with Crippen molar-refractivity contribution in [3.05, 3.63) is 41.0 Å². The molecule has 1 aliphatic rings. The number of hydrogen-bond acceptors (Lipinski definition) is 4. The molecule has 1 aromatic heterocycles. The fraction of sp³-hybridized carbons (Fsp3) is 0.333. The molecule has 3 rings (SSSR count). The van der Waals surface area contributed by atoms with Crippen LogP contribution in [0.1, 0.15) is 12.1 Å². The van der Waals surface area contributed by atoms with Crippen LogP contribution in [0.15, 0.2) is 30.3 Å². The highest BCUT2D eigenvalue weighted by molar-refractivity contribution is 7.99. The molecular weight excluding hydrogens is 322 g/mol. The average Bonchev–Trinajstić information content (AvgIpc) is 3.06. The minimum atomic E-state index is -1.29. The van der Waals surface area contributed by atoms with Gasteiger partial charge in [-0.15, -0.1) is 5.10 Å². The van der Waals surface area contributed by atoms with Crippen molar-refractivity contribution >= 4 is 35.1 Å². The highest BCUT2D eigenvalue weighted by atomic mass is 35.5. The third kappa shape index (κ3) is 2.99. The quantitative estimate of drug-likeness (QED) is 0.903. The lowest BCUT2D eigenvalue weighted by Gasteiger charge is -2.19. The number of amides is 1. The minimum Gasteiger partial charge on any atom is -0.379 e. The largest absolute Gasteiger partial charge is 0.379 e. The molecule has 0 saturated carbocycles. The Kier molecular flexibility index (Phi) is 4.16. The molecule has 2 aromatic rings. The van der Waals surface area contributed by atoms with Gasteiger partial charge in [-0.1, -0.05) is 17.7 Å². The van der Waals surface area contributed by atoms with Gasteiger partial charge in [0.05, 0.1) is 5.69 Å². The molecular formula is C15H16ClN3O2S. The lowest BCUT2D eigenvalue weighted by molar-refractivity contribution is -0.131. The van der Waals surface area contributed by atoms with E-state index < -0.39 is 11.5 Å². The number of hydrogen-bond donors (Lipinski definition) is 2. The summed E-state index contributed by atoms with van der Waals surface area (Å²) in [4.78, 5) is 12.2. The number of aryl methyl sites for hydroxylation is 1. The number of aromatic nitrogens is 2. The van der Waals surface area contributed by atoms with Crippen LogP contribution >= 0.6 is 23.4 Å². The maximum atomic E-state index is 12.2. The van der Waals surface area contributed by atoms with Crippen molar-refractivity contribution < 1.29 is 9.90 Å². The molecule has 1 aromatic carbocycles. The van der Waals surface area contributed by atoms with Crippen LogP contribution in [-0.2, 0) is 4.79 Å². The number of nitrogens with zero attached hydrogens (tertiary/aromatic N) is 2. The zero-order valence-corrected chi connectivity index (χ0v) is 13.6. The zero-order valence-electron chi connectivity index (χ0n) is 12.0. The first-order valence-corrected chi connectivity index (χ1v) is 8.45. The van der Waals surface area contributed by atoms with Crippen LogP contribution in [0, 0.1) is 6.92 Å². The molecule has 2 N–H and O–H groups in total. The van der Waals surface area contributed by atoms with Crippen molar-refractivity contribution in [1.29, 1.82) is 0 Å². The van der Waals surface area contributed by atoms with Gasteiger partial charge >= 0.3 is 0 Å². The van der Waals surface area contributed by atoms with Crippen molar-refractivity contribution in [3.8, 4) is 5.69 Å². The van der Waals surface area contributed by atoms with Gasteiger partial charge in [0.1, 0.15) is 0 Å². The van der Waals surface area contributed by atoms with Crippen molar-refractivity contribution in [2.24, 2.45) is 0 Å². The normalized spacial score (nSPS) is 21.0. The van der Waals surface area contributed by atoms with E-state index in [0.29, 0.717) is 23.0 Å². The van der Waals surface area contributed by atoms with E-state index in [4.69, 9.17) is 11.6 Å². The Morgan fingerprint density at radius 3 is 3.00 bits per heavy atom. The van der Waals surface area contributed by atoms with Crippen LogP contribution in [0.25, 0.3) is 5.69 Å². The van der Waals surface area contributed by atoms with Gasteiger partial charge in [-0.25, -0.2) is 4.68 Å². The standard InChI is InChI=1S/C15H16ClN3O2S/c1-10-7-13(17-14(20)15(21)5-6-22-9-15)18-19(10)12-4-2-3-11(16)8-12/h2-4,7-8,21H,5-6,9H2,1H3,(H,17,18,20). The molecule has 0 radical (unpaired) electrons. The third-order valence-electron chi connectivity index (χ3n) is 3.61. The molecule has 116 valence electrons. The van der Waals surface area contributed by atoms with Gasteiger partial charge in [-0.05, 0) is 37.3 Å². The number of nitrogens with one attached hydrogen (secondary N) is 1. The Bertz CT molecular complexity index is 711. The third-order valence-corrected chi connectivity index (χ3v) is 5.01. The van der Waals surface area contributed by atoms with Gasteiger partial charge in [-0.3, -0.25) is 4.79 Å². The fourth-order valence-electron chi connectivity index (χ4n) is 2.37. The maximum Gasteiger partial charge on any atom is 0.258 e. The summed E-state index contributed by atoms with van der Waals surface area (Å²) >= 11 is 7.57. The predicted octanol–water partition coefficient (Wildman–Crippen LogP) is 2.64. The summed E-state index contributed by atoms with van der Waals surface area (Å²) in [6.07, 6.45) is 0.470. The number of anilines is 1. The molecule has 1 atom stereocenters. The minimum absolute atomic E-state index is 0.395. The van der Waals surface area contributed by atoms with Gasteiger partial charge < -0.3 is 10.4 Å². The summed E-state index contributed by atoms with van der Waals surface area (Å²) in [5, 5.41) is 18.0. The molecule has 0 bridgehead atoms. The van der Waals surface area contributed by atoms with E-state index in [0.717, 1.165) is 17.1 Å². The second kappa shape index (κ2) is 5.95. The van der Waals surface area contributed by atoms with E-state index >= 15 is 0 Å². The number of aliphatic hydroxyl groups is 1. The van der Waals surface area contributed by atoms with E-state index in [9.17, 15) is 9.90 Å². The summed E-state index contributed by atoms with van der Waals surface area (Å²) in [7, 11) is 0. The summed E-state index contributed by atoms with van der Waals surface area (Å²) in [6.45, 7) is 1.89. The molecule has 1 unspecified atom stereocenters. The van der Waals surface area contributed by atoms with Crippen LogP contribution in [0.3, 0.4) is 0 Å². The van der Waals surface area contributed by atoms with E-state index in [1.54, 1.807) is 34.6 Å². The Morgan fingerprint density at radius 1 is 1.50 bits per heavy atom. The molecule has 7 heteroatoms. The number of thioether (sulfide) groups is 1. The second-order valence-electron chi connectivity index (χ2n) is 5.35. The van der Waals surface area contributed by atoms with Gasteiger partial charge in [0.2, 0.25) is 0 Å². The second-order valence-corrected chi connectivity index (χ2v) is 6.89. The summed E-state index contributed by atoms with van der Waals surface area (Å²) < 4.78 is 1.70. The maximum absolute atomic E-state index is 12.2. The molecule has 2 heterocycles. The van der Waals surface area contributed by atoms with Crippen LogP contribution in [0.5, 0.6) is 0 Å². The monoisotopic (exact) mass is 337 g/mol. The lowest BCUT2D eigenvalue weighted by Crippen LogP contribution is -2.42. The molecule has 1 amide bonds. The van der Waals surface area contributed by atoms with Crippen LogP contribution < -0.4 is 5.32 Å². The van der Waals surface area contributed by atoms with Gasteiger partial charge in [0.25, 0.3) is 5.91 Å². The molecule has 1 aliphatic heterocycles. The number of rotatable bonds is 3. The fourth-order valence-corrected chi connectivity index (χ4v) is 3.79. The average molecular weight is 338 g/mol. The highest BCUT2D eigenvalue weighted by Crippen LogP contribution is 2.29. The van der Waals surface area contributed by atoms with E-state index in [1.165, 1.54) is 0 Å². The first kappa shape index (κ1) is 15.4. The molecule has 1 fully saturated rings. The van der Waals surface area contributed by atoms with Crippen molar-refractivity contribution in [2.75, 3.05) is 16.8 Å². The van der Waals surface area contributed by atoms with Gasteiger partial charge in [0.15, 0.2) is 11.4 Å². The molecule has 1 saturated heterocycles. The van der Waals surface area contributed by atoms with Crippen LogP contribution in [-0.4, -0.2) is 37.9 Å². The first-order valence-electron chi connectivity index (χ1n) is 6.92. The Labute approximate surface area is 137 Å². The number of halogens is 1.